The van der Waals surface area contributed by atoms with E-state index >= 15 is 0 Å². The molecule has 0 aliphatic carbocycles. The second-order valence-corrected chi connectivity index (χ2v) is 8.06. The Bertz CT molecular complexity index is 457. The molecule has 26 heavy (non-hydrogen) atoms. The summed E-state index contributed by atoms with van der Waals surface area (Å²) < 4.78 is 5.52. The smallest absolute Gasteiger partial charge is 0.240 e. The minimum absolute atomic E-state index is 0. The number of nitrogens with zero attached hydrogens (tertiary/aromatic N) is 3. The van der Waals surface area contributed by atoms with Gasteiger partial charge in [0.1, 0.15) is 0 Å². The van der Waals surface area contributed by atoms with Crippen molar-refractivity contribution < 1.29 is 9.53 Å². The maximum absolute atomic E-state index is 12.2. The quantitative estimate of drug-likeness (QED) is 0.341. The van der Waals surface area contributed by atoms with E-state index in [1.54, 1.807) is 0 Å². The van der Waals surface area contributed by atoms with Crippen LogP contribution in [0.15, 0.2) is 4.99 Å². The first kappa shape index (κ1) is 25.4. The van der Waals surface area contributed by atoms with Crippen molar-refractivity contribution in [3.63, 3.8) is 0 Å². The fourth-order valence-corrected chi connectivity index (χ4v) is 2.94. The minimum Gasteiger partial charge on any atom is -0.381 e. The molecule has 1 aliphatic heterocycles. The Balaban J connectivity index is 0.00000625. The number of carbonyl (C=O) groups excluding carboxylic acids is 1. The van der Waals surface area contributed by atoms with E-state index in [1.165, 1.54) is 0 Å². The summed E-state index contributed by atoms with van der Waals surface area (Å²) in [7, 11) is 6.11. The zero-order valence-electron chi connectivity index (χ0n) is 17.5. The van der Waals surface area contributed by atoms with E-state index in [4.69, 9.17) is 9.73 Å². The number of rotatable bonds is 6. The fraction of sp³-hybridized carbons (Fsp3) is 0.889. The zero-order valence-corrected chi connectivity index (χ0v) is 19.8. The maximum atomic E-state index is 12.2. The van der Waals surface area contributed by atoms with Crippen molar-refractivity contribution in [1.29, 1.82) is 0 Å². The number of guanidine groups is 1. The molecule has 1 fully saturated rings. The van der Waals surface area contributed by atoms with Crippen molar-refractivity contribution in [2.45, 2.75) is 51.6 Å². The van der Waals surface area contributed by atoms with Crippen LogP contribution in [-0.4, -0.2) is 86.7 Å². The normalized spacial score (nSPS) is 17.5. The summed E-state index contributed by atoms with van der Waals surface area (Å²) in [6.45, 7) is 11.3. The predicted octanol–water partition coefficient (Wildman–Crippen LogP) is 1.53. The van der Waals surface area contributed by atoms with Gasteiger partial charge in [0, 0.05) is 37.9 Å². The molecule has 2 N–H and O–H groups in total. The molecule has 0 aromatic rings. The summed E-state index contributed by atoms with van der Waals surface area (Å²) in [5.74, 6) is 0.758. The lowest BCUT2D eigenvalue weighted by molar-refractivity contribution is -0.122. The van der Waals surface area contributed by atoms with Gasteiger partial charge in [-0.05, 0) is 54.6 Å². The van der Waals surface area contributed by atoms with Crippen molar-refractivity contribution in [3.8, 4) is 0 Å². The van der Waals surface area contributed by atoms with E-state index in [0.717, 1.165) is 38.6 Å². The third-order valence-electron chi connectivity index (χ3n) is 4.49. The summed E-state index contributed by atoms with van der Waals surface area (Å²) in [6.07, 6.45) is 1.94. The highest BCUT2D eigenvalue weighted by molar-refractivity contribution is 14.0. The summed E-state index contributed by atoms with van der Waals surface area (Å²) in [4.78, 5) is 21.2. The Hall–Kier alpha value is -0.610. The van der Waals surface area contributed by atoms with Gasteiger partial charge in [-0.2, -0.15) is 0 Å². The minimum atomic E-state index is -0.232. The monoisotopic (exact) mass is 483 g/mol. The number of halogens is 1. The molecule has 0 saturated carbocycles. The first-order chi connectivity index (χ1) is 11.6. The first-order valence-corrected chi connectivity index (χ1v) is 9.15. The van der Waals surface area contributed by atoms with Crippen LogP contribution in [0, 0.1) is 0 Å². The van der Waals surface area contributed by atoms with Gasteiger partial charge in [-0.25, -0.2) is 0 Å². The van der Waals surface area contributed by atoms with E-state index in [0.29, 0.717) is 6.54 Å². The number of aliphatic imine (C=N–C) groups is 1. The van der Waals surface area contributed by atoms with Crippen LogP contribution in [0.25, 0.3) is 0 Å². The van der Waals surface area contributed by atoms with Crippen molar-refractivity contribution in [2.24, 2.45) is 4.99 Å². The molecule has 0 aromatic carbocycles. The molecule has 7 nitrogen and oxygen atoms in total. The van der Waals surface area contributed by atoms with E-state index in [9.17, 15) is 4.79 Å². The third kappa shape index (κ3) is 8.39. The molecule has 0 aromatic heterocycles. The molecular formula is C18H38IN5O2. The van der Waals surface area contributed by atoms with E-state index in [-0.39, 0.29) is 47.5 Å². The van der Waals surface area contributed by atoms with Gasteiger partial charge in [-0.3, -0.25) is 9.79 Å². The third-order valence-corrected chi connectivity index (χ3v) is 4.49. The highest BCUT2D eigenvalue weighted by Gasteiger charge is 2.34. The van der Waals surface area contributed by atoms with Crippen LogP contribution in [0.2, 0.25) is 0 Å². The van der Waals surface area contributed by atoms with Crippen LogP contribution in [0.5, 0.6) is 0 Å². The number of hydrogen-bond donors (Lipinski definition) is 2. The summed E-state index contributed by atoms with van der Waals surface area (Å²) in [6, 6.07) is 0. The Kier molecular flexibility index (Phi) is 11.0. The number of amides is 1. The van der Waals surface area contributed by atoms with Gasteiger partial charge < -0.3 is 25.2 Å². The molecule has 1 rings (SSSR count). The largest absolute Gasteiger partial charge is 0.381 e. The molecule has 0 radical (unpaired) electrons. The Morgan fingerprint density at radius 2 is 1.77 bits per heavy atom. The lowest BCUT2D eigenvalue weighted by Crippen LogP contribution is -2.52. The molecule has 0 unspecified atom stereocenters. The molecule has 1 amide bonds. The van der Waals surface area contributed by atoms with Crippen molar-refractivity contribution in [1.82, 2.24) is 20.4 Å². The van der Waals surface area contributed by atoms with Gasteiger partial charge in [-0.1, -0.05) is 0 Å². The summed E-state index contributed by atoms with van der Waals surface area (Å²) >= 11 is 0. The topological polar surface area (TPSA) is 69.2 Å². The molecule has 8 heteroatoms. The number of nitrogens with one attached hydrogen (secondary N) is 2. The highest BCUT2D eigenvalue weighted by Crippen LogP contribution is 2.26. The van der Waals surface area contributed by atoms with Gasteiger partial charge in [0.2, 0.25) is 5.91 Å². The number of likely N-dealkylation sites (N-methyl/N-ethyl adjacent to an activating group) is 2. The van der Waals surface area contributed by atoms with Gasteiger partial charge in [0.15, 0.2) is 5.96 Å². The van der Waals surface area contributed by atoms with Gasteiger partial charge in [0.05, 0.1) is 13.1 Å². The SMILES string of the molecule is CCNC(=NCC1(N(C)C)CCOCC1)N(C)CC(=O)NC(C)(C)C.I. The van der Waals surface area contributed by atoms with Gasteiger partial charge in [0.25, 0.3) is 0 Å². The van der Waals surface area contributed by atoms with E-state index in [1.807, 2.05) is 39.6 Å². The van der Waals surface area contributed by atoms with Crippen molar-refractivity contribution >= 4 is 35.8 Å². The maximum Gasteiger partial charge on any atom is 0.240 e. The standard InChI is InChI=1S/C18H37N5O2.HI/c1-8-19-16(23(7)13-15(24)21-17(2,3)4)20-14-18(22(5)6)9-11-25-12-10-18;/h8-14H2,1-7H3,(H,19,20)(H,21,24);1H. The van der Waals surface area contributed by atoms with Crippen LogP contribution in [0.3, 0.4) is 0 Å². The molecule has 0 spiro atoms. The zero-order chi connectivity index (χ0) is 19.1. The Morgan fingerprint density at radius 1 is 1.19 bits per heavy atom. The van der Waals surface area contributed by atoms with Crippen molar-refractivity contribution in [3.05, 3.63) is 0 Å². The fourth-order valence-electron chi connectivity index (χ4n) is 2.94. The Morgan fingerprint density at radius 3 is 2.23 bits per heavy atom. The lowest BCUT2D eigenvalue weighted by Gasteiger charge is -2.42. The van der Waals surface area contributed by atoms with Gasteiger partial charge in [-0.15, -0.1) is 24.0 Å². The van der Waals surface area contributed by atoms with E-state index in [2.05, 4.69) is 29.6 Å². The van der Waals surface area contributed by atoms with Gasteiger partial charge >= 0.3 is 0 Å². The Labute approximate surface area is 176 Å². The van der Waals surface area contributed by atoms with Crippen LogP contribution in [0.1, 0.15) is 40.5 Å². The van der Waals surface area contributed by atoms with Crippen LogP contribution < -0.4 is 10.6 Å². The molecule has 0 bridgehead atoms. The average molecular weight is 483 g/mol. The van der Waals surface area contributed by atoms with Crippen LogP contribution in [0.4, 0.5) is 0 Å². The average Bonchev–Trinajstić information content (AvgIpc) is 2.50. The lowest BCUT2D eigenvalue weighted by atomic mass is 9.89. The number of carbonyl (C=O) groups is 1. The summed E-state index contributed by atoms with van der Waals surface area (Å²) in [5, 5.41) is 6.28. The van der Waals surface area contributed by atoms with Crippen LogP contribution >= 0.6 is 24.0 Å². The van der Waals surface area contributed by atoms with Crippen LogP contribution in [-0.2, 0) is 9.53 Å². The number of hydrogen-bond acceptors (Lipinski definition) is 4. The summed E-state index contributed by atoms with van der Waals surface area (Å²) in [5.41, 5.74) is -0.210. The molecule has 154 valence electrons. The molecule has 1 saturated heterocycles. The number of ether oxygens (including phenoxy) is 1. The first-order valence-electron chi connectivity index (χ1n) is 9.15. The van der Waals surface area contributed by atoms with Crippen molar-refractivity contribution in [2.75, 3.05) is 54.0 Å². The van der Waals surface area contributed by atoms with E-state index < -0.39 is 0 Å². The molecule has 1 aliphatic rings. The second kappa shape index (κ2) is 11.3. The predicted molar refractivity (Wildman–Crippen MR) is 118 cm³/mol. The molecular weight excluding hydrogens is 445 g/mol. The highest BCUT2D eigenvalue weighted by atomic mass is 127. The molecule has 0 atom stereocenters. The second-order valence-electron chi connectivity index (χ2n) is 8.06. The molecule has 1 heterocycles.